The molecule has 1 rings (SSSR count). The summed E-state index contributed by atoms with van der Waals surface area (Å²) in [7, 11) is 0. The molecule has 0 radical (unpaired) electrons. The minimum absolute atomic E-state index is 0.133. The molecule has 0 aliphatic rings. The average Bonchev–Trinajstić information content (AvgIpc) is 2.32. The summed E-state index contributed by atoms with van der Waals surface area (Å²) in [5.41, 5.74) is 0.839. The molecule has 92 valence electrons. The van der Waals surface area contributed by atoms with Crippen molar-refractivity contribution in [2.45, 2.75) is 12.8 Å². The third-order valence-corrected chi connectivity index (χ3v) is 2.23. The van der Waals surface area contributed by atoms with E-state index in [1.54, 1.807) is 25.1 Å². The zero-order chi connectivity index (χ0) is 12.7. The second kappa shape index (κ2) is 6.68. The molecule has 0 spiro atoms. The van der Waals surface area contributed by atoms with Gasteiger partial charge in [0.05, 0.1) is 6.61 Å². The van der Waals surface area contributed by atoms with Gasteiger partial charge in [0.1, 0.15) is 12.4 Å². The van der Waals surface area contributed by atoms with Crippen molar-refractivity contribution >= 4 is 6.16 Å². The van der Waals surface area contributed by atoms with Crippen LogP contribution in [-0.2, 0) is 9.47 Å². The van der Waals surface area contributed by atoms with E-state index in [2.05, 4.69) is 11.3 Å². The molecule has 0 aliphatic heterocycles. The molecule has 0 fully saturated rings. The molecule has 17 heavy (non-hydrogen) atoms. The Hall–Kier alpha value is -1.84. The van der Waals surface area contributed by atoms with Crippen LogP contribution >= 0.6 is 0 Å². The van der Waals surface area contributed by atoms with Gasteiger partial charge in [-0.05, 0) is 24.6 Å². The highest BCUT2D eigenvalue weighted by molar-refractivity contribution is 5.59. The largest absolute Gasteiger partial charge is 0.508 e. The van der Waals surface area contributed by atoms with Gasteiger partial charge in [0.2, 0.25) is 0 Å². The van der Waals surface area contributed by atoms with Crippen molar-refractivity contribution in [2.75, 3.05) is 13.2 Å². The van der Waals surface area contributed by atoms with Gasteiger partial charge in [-0.2, -0.15) is 0 Å². The lowest BCUT2D eigenvalue weighted by atomic mass is 10.0. The van der Waals surface area contributed by atoms with E-state index in [-0.39, 0.29) is 24.9 Å². The van der Waals surface area contributed by atoms with Crippen molar-refractivity contribution in [3.8, 4) is 0 Å². The molecule has 3 nitrogen and oxygen atoms in total. The van der Waals surface area contributed by atoms with Crippen LogP contribution in [0.5, 0.6) is 0 Å². The van der Waals surface area contributed by atoms with Crippen LogP contribution in [0.4, 0.5) is 9.18 Å². The number of carbonyl (C=O) groups is 1. The highest BCUT2D eigenvalue weighted by atomic mass is 19.1. The minimum Gasteiger partial charge on any atom is -0.435 e. The number of benzene rings is 1. The Morgan fingerprint density at radius 1 is 1.41 bits per heavy atom. The third-order valence-electron chi connectivity index (χ3n) is 2.23. The van der Waals surface area contributed by atoms with Gasteiger partial charge in [-0.1, -0.05) is 18.2 Å². The first-order valence-corrected chi connectivity index (χ1v) is 5.35. The quantitative estimate of drug-likeness (QED) is 0.583. The second-order valence-electron chi connectivity index (χ2n) is 3.39. The maximum absolute atomic E-state index is 12.7. The highest BCUT2D eigenvalue weighted by Crippen LogP contribution is 2.17. The van der Waals surface area contributed by atoms with E-state index in [1.165, 1.54) is 12.1 Å². The first-order chi connectivity index (χ1) is 8.17. The normalized spacial score (nSPS) is 11.6. The Balaban J connectivity index is 2.57. The molecule has 0 saturated carbocycles. The third kappa shape index (κ3) is 4.26. The monoisotopic (exact) mass is 238 g/mol. The van der Waals surface area contributed by atoms with E-state index in [9.17, 15) is 9.18 Å². The summed E-state index contributed by atoms with van der Waals surface area (Å²) in [5.74, 6) is -0.470. The Labute approximate surface area is 99.9 Å². The van der Waals surface area contributed by atoms with Gasteiger partial charge in [0.15, 0.2) is 0 Å². The topological polar surface area (TPSA) is 35.5 Å². The number of halogens is 1. The average molecular weight is 238 g/mol. The molecule has 0 aromatic heterocycles. The van der Waals surface area contributed by atoms with Crippen LogP contribution in [0.15, 0.2) is 36.9 Å². The van der Waals surface area contributed by atoms with Crippen LogP contribution in [0.3, 0.4) is 0 Å². The fraction of sp³-hybridized carbons (Fsp3) is 0.308. The molecule has 1 aromatic carbocycles. The maximum atomic E-state index is 12.7. The van der Waals surface area contributed by atoms with E-state index in [1.807, 2.05) is 0 Å². The van der Waals surface area contributed by atoms with Gasteiger partial charge in [-0.15, -0.1) is 6.58 Å². The number of carbonyl (C=O) groups excluding carboxylic acids is 1. The molecule has 0 amide bonds. The van der Waals surface area contributed by atoms with Crippen molar-refractivity contribution in [3.63, 3.8) is 0 Å². The van der Waals surface area contributed by atoms with Gasteiger partial charge in [-0.3, -0.25) is 0 Å². The zero-order valence-corrected chi connectivity index (χ0v) is 9.69. The van der Waals surface area contributed by atoms with Crippen molar-refractivity contribution < 1.29 is 18.7 Å². The Morgan fingerprint density at radius 2 is 2.06 bits per heavy atom. The Morgan fingerprint density at radius 3 is 2.59 bits per heavy atom. The summed E-state index contributed by atoms with van der Waals surface area (Å²) in [4.78, 5) is 11.0. The lowest BCUT2D eigenvalue weighted by molar-refractivity contribution is 0.0573. The molecule has 0 saturated heterocycles. The van der Waals surface area contributed by atoms with Crippen LogP contribution < -0.4 is 0 Å². The summed E-state index contributed by atoms with van der Waals surface area (Å²) in [5, 5.41) is 0. The van der Waals surface area contributed by atoms with Crippen LogP contribution in [-0.4, -0.2) is 19.4 Å². The fourth-order valence-electron chi connectivity index (χ4n) is 1.33. The molecule has 0 N–H and O–H groups in total. The summed E-state index contributed by atoms with van der Waals surface area (Å²) in [6.45, 7) is 5.76. The number of rotatable bonds is 5. The molecule has 1 atom stereocenters. The van der Waals surface area contributed by atoms with Crippen molar-refractivity contribution in [1.82, 2.24) is 0 Å². The van der Waals surface area contributed by atoms with E-state index in [0.717, 1.165) is 5.56 Å². The number of hydrogen-bond donors (Lipinski definition) is 0. The predicted molar refractivity (Wildman–Crippen MR) is 62.3 cm³/mol. The summed E-state index contributed by atoms with van der Waals surface area (Å²) >= 11 is 0. The van der Waals surface area contributed by atoms with Crippen molar-refractivity contribution in [3.05, 3.63) is 48.3 Å². The molecule has 0 heterocycles. The lowest BCUT2D eigenvalue weighted by Crippen LogP contribution is -2.12. The number of hydrogen-bond acceptors (Lipinski definition) is 3. The van der Waals surface area contributed by atoms with Crippen molar-refractivity contribution in [2.24, 2.45) is 0 Å². The van der Waals surface area contributed by atoms with E-state index in [4.69, 9.17) is 4.74 Å². The molecule has 1 aromatic rings. The van der Waals surface area contributed by atoms with E-state index < -0.39 is 6.16 Å². The van der Waals surface area contributed by atoms with Crippen LogP contribution in [0.25, 0.3) is 0 Å². The SMILES string of the molecule is C=C[C@@H](COC(=O)OCC)c1ccc(F)cc1. The van der Waals surface area contributed by atoms with E-state index >= 15 is 0 Å². The predicted octanol–water partition coefficient (Wildman–Crippen LogP) is 3.27. The first kappa shape index (κ1) is 13.2. The molecular weight excluding hydrogens is 223 g/mol. The van der Waals surface area contributed by atoms with Gasteiger partial charge >= 0.3 is 6.16 Å². The summed E-state index contributed by atoms with van der Waals surface area (Å²) < 4.78 is 22.3. The highest BCUT2D eigenvalue weighted by Gasteiger charge is 2.11. The zero-order valence-electron chi connectivity index (χ0n) is 9.69. The fourth-order valence-corrected chi connectivity index (χ4v) is 1.33. The smallest absolute Gasteiger partial charge is 0.435 e. The molecular formula is C13H15FO3. The Bertz CT molecular complexity index is 373. The molecule has 4 heteroatoms. The maximum Gasteiger partial charge on any atom is 0.508 e. The van der Waals surface area contributed by atoms with Crippen LogP contribution in [0.2, 0.25) is 0 Å². The van der Waals surface area contributed by atoms with Crippen LogP contribution in [0, 0.1) is 5.82 Å². The van der Waals surface area contributed by atoms with Gasteiger partial charge in [0.25, 0.3) is 0 Å². The summed E-state index contributed by atoms with van der Waals surface area (Å²) in [6, 6.07) is 5.98. The minimum atomic E-state index is -0.707. The standard InChI is InChI=1S/C13H15FO3/c1-3-10(9-17-13(15)16-4-2)11-5-7-12(14)8-6-11/h3,5-8,10H,1,4,9H2,2H3/t10-/m0/s1. The molecule has 0 unspecified atom stereocenters. The van der Waals surface area contributed by atoms with Crippen molar-refractivity contribution in [1.29, 1.82) is 0 Å². The lowest BCUT2D eigenvalue weighted by Gasteiger charge is -2.13. The summed E-state index contributed by atoms with van der Waals surface area (Å²) in [6.07, 6.45) is 0.938. The second-order valence-corrected chi connectivity index (χ2v) is 3.39. The number of ether oxygens (including phenoxy) is 2. The first-order valence-electron chi connectivity index (χ1n) is 5.35. The Kier molecular flexibility index (Phi) is 5.20. The van der Waals surface area contributed by atoms with Gasteiger partial charge in [0, 0.05) is 5.92 Å². The van der Waals surface area contributed by atoms with Crippen LogP contribution in [0.1, 0.15) is 18.4 Å². The van der Waals surface area contributed by atoms with Gasteiger partial charge < -0.3 is 9.47 Å². The molecule has 0 bridgehead atoms. The molecule has 0 aliphatic carbocycles. The van der Waals surface area contributed by atoms with Gasteiger partial charge in [-0.25, -0.2) is 9.18 Å². The van der Waals surface area contributed by atoms with E-state index in [0.29, 0.717) is 0 Å².